The lowest BCUT2D eigenvalue weighted by atomic mass is 9.88. The zero-order valence-electron chi connectivity index (χ0n) is 14.5. The van der Waals surface area contributed by atoms with Crippen molar-refractivity contribution in [1.29, 1.82) is 0 Å². The van der Waals surface area contributed by atoms with Crippen LogP contribution in [0.4, 0.5) is 0 Å². The summed E-state index contributed by atoms with van der Waals surface area (Å²) in [5.74, 6) is 0.692. The molecule has 5 nitrogen and oxygen atoms in total. The molecule has 0 bridgehead atoms. The number of hydrogen-bond acceptors (Lipinski definition) is 3. The van der Waals surface area contributed by atoms with E-state index in [0.29, 0.717) is 11.7 Å². The number of aromatic nitrogens is 2. The molecule has 0 saturated heterocycles. The van der Waals surface area contributed by atoms with Crippen LogP contribution in [0.25, 0.3) is 0 Å². The average Bonchev–Trinajstić information content (AvgIpc) is 2.93. The van der Waals surface area contributed by atoms with Crippen LogP contribution in [0.3, 0.4) is 0 Å². The van der Waals surface area contributed by atoms with Gasteiger partial charge in [0.15, 0.2) is 5.69 Å². The highest BCUT2D eigenvalue weighted by Gasteiger charge is 2.29. The maximum atomic E-state index is 12.2. The van der Waals surface area contributed by atoms with Gasteiger partial charge in [-0.2, -0.15) is 5.10 Å². The normalized spacial score (nSPS) is 21.9. The number of amides is 1. The van der Waals surface area contributed by atoms with Crippen molar-refractivity contribution < 1.29 is 4.79 Å². The van der Waals surface area contributed by atoms with Gasteiger partial charge in [0.1, 0.15) is 0 Å². The molecule has 2 N–H and O–H groups in total. The summed E-state index contributed by atoms with van der Waals surface area (Å²) in [4.78, 5) is 12.2. The van der Waals surface area contributed by atoms with Gasteiger partial charge >= 0.3 is 0 Å². The molecule has 0 radical (unpaired) electrons. The van der Waals surface area contributed by atoms with Gasteiger partial charge in [0.2, 0.25) is 0 Å². The first-order chi connectivity index (χ1) is 11.2. The molecule has 23 heavy (non-hydrogen) atoms. The molecule has 0 aliphatic heterocycles. The van der Waals surface area contributed by atoms with Gasteiger partial charge in [0.05, 0.1) is 0 Å². The van der Waals surface area contributed by atoms with E-state index in [1.165, 1.54) is 43.4 Å². The predicted octanol–water partition coefficient (Wildman–Crippen LogP) is 2.29. The molecule has 1 amide bonds. The minimum absolute atomic E-state index is 0.0409. The fourth-order valence-electron chi connectivity index (χ4n) is 4.22. The van der Waals surface area contributed by atoms with Gasteiger partial charge < -0.3 is 10.6 Å². The third kappa shape index (κ3) is 3.60. The maximum Gasteiger partial charge on any atom is 0.271 e. The average molecular weight is 318 g/mol. The predicted molar refractivity (Wildman–Crippen MR) is 91.7 cm³/mol. The Morgan fingerprint density at radius 3 is 2.74 bits per heavy atom. The molecule has 1 saturated carbocycles. The molecular formula is C18H30N4O. The van der Waals surface area contributed by atoms with Crippen LogP contribution in [0.2, 0.25) is 0 Å². The van der Waals surface area contributed by atoms with E-state index in [9.17, 15) is 4.79 Å². The molecule has 0 unspecified atom stereocenters. The second-order valence-corrected chi connectivity index (χ2v) is 7.04. The Balaban J connectivity index is 1.84. The minimum Gasteiger partial charge on any atom is -0.354 e. The Hall–Kier alpha value is -1.36. The first-order valence-electron chi connectivity index (χ1n) is 9.27. The third-order valence-corrected chi connectivity index (χ3v) is 5.44. The fourth-order valence-corrected chi connectivity index (χ4v) is 4.22. The van der Waals surface area contributed by atoms with Gasteiger partial charge in [0.25, 0.3) is 5.91 Å². The second kappa shape index (κ2) is 7.47. The van der Waals surface area contributed by atoms with Crippen molar-refractivity contribution in [3.63, 3.8) is 0 Å². The van der Waals surface area contributed by atoms with Gasteiger partial charge in [-0.3, -0.25) is 9.48 Å². The van der Waals surface area contributed by atoms with Crippen LogP contribution in [-0.2, 0) is 19.4 Å². The smallest absolute Gasteiger partial charge is 0.271 e. The van der Waals surface area contributed by atoms with E-state index in [1.54, 1.807) is 7.05 Å². The molecule has 5 heteroatoms. The minimum atomic E-state index is -0.0409. The molecule has 128 valence electrons. The van der Waals surface area contributed by atoms with Gasteiger partial charge in [-0.25, -0.2) is 0 Å². The van der Waals surface area contributed by atoms with E-state index in [0.717, 1.165) is 38.3 Å². The zero-order valence-corrected chi connectivity index (χ0v) is 14.5. The van der Waals surface area contributed by atoms with Crippen LogP contribution in [0.1, 0.15) is 67.2 Å². The molecule has 2 aliphatic rings. The number of carbonyl (C=O) groups is 1. The molecule has 0 spiro atoms. The summed E-state index contributed by atoms with van der Waals surface area (Å²) in [7, 11) is 1.69. The van der Waals surface area contributed by atoms with Crippen LogP contribution < -0.4 is 10.6 Å². The Kier molecular flexibility index (Phi) is 5.36. The Bertz CT molecular complexity index is 545. The van der Waals surface area contributed by atoms with E-state index < -0.39 is 0 Å². The van der Waals surface area contributed by atoms with Crippen LogP contribution in [-0.4, -0.2) is 35.3 Å². The molecule has 1 aromatic rings. The molecule has 1 atom stereocenters. The van der Waals surface area contributed by atoms with Crippen molar-refractivity contribution >= 4 is 5.91 Å². The molecule has 1 fully saturated rings. The van der Waals surface area contributed by atoms with Crippen molar-refractivity contribution in [3.8, 4) is 0 Å². The van der Waals surface area contributed by atoms with Crippen LogP contribution in [0.15, 0.2) is 0 Å². The highest BCUT2D eigenvalue weighted by molar-refractivity contribution is 5.93. The summed E-state index contributed by atoms with van der Waals surface area (Å²) < 4.78 is 2.16. The van der Waals surface area contributed by atoms with Crippen molar-refractivity contribution in [2.24, 2.45) is 5.92 Å². The second-order valence-electron chi connectivity index (χ2n) is 7.04. The number of likely N-dealkylation sites (N-methyl/N-ethyl adjacent to an activating group) is 1. The topological polar surface area (TPSA) is 59.0 Å². The van der Waals surface area contributed by atoms with Crippen molar-refractivity contribution in [2.75, 3.05) is 13.6 Å². The van der Waals surface area contributed by atoms with E-state index >= 15 is 0 Å². The highest BCUT2D eigenvalue weighted by atomic mass is 16.1. The van der Waals surface area contributed by atoms with Crippen molar-refractivity contribution in [2.45, 2.75) is 70.9 Å². The number of hydrogen-bond donors (Lipinski definition) is 2. The van der Waals surface area contributed by atoms with Gasteiger partial charge in [-0.1, -0.05) is 26.2 Å². The third-order valence-electron chi connectivity index (χ3n) is 5.44. The monoisotopic (exact) mass is 318 g/mol. The molecule has 1 aromatic heterocycles. The highest BCUT2D eigenvalue weighted by Crippen LogP contribution is 2.29. The summed E-state index contributed by atoms with van der Waals surface area (Å²) in [6.45, 7) is 4.11. The maximum absolute atomic E-state index is 12.2. The quantitative estimate of drug-likeness (QED) is 0.876. The van der Waals surface area contributed by atoms with E-state index in [4.69, 9.17) is 5.10 Å². The number of carbonyl (C=O) groups excluding carboxylic acids is 1. The van der Waals surface area contributed by atoms with Crippen LogP contribution in [0.5, 0.6) is 0 Å². The fraction of sp³-hybridized carbons (Fsp3) is 0.778. The van der Waals surface area contributed by atoms with Gasteiger partial charge in [0, 0.05) is 30.9 Å². The number of rotatable bonds is 5. The Morgan fingerprint density at radius 1 is 1.26 bits per heavy atom. The molecule has 2 aliphatic carbocycles. The Morgan fingerprint density at radius 2 is 2.04 bits per heavy atom. The molecule has 3 rings (SSSR count). The molecule has 0 aromatic carbocycles. The zero-order chi connectivity index (χ0) is 16.2. The summed E-state index contributed by atoms with van der Waals surface area (Å²) in [5, 5.41) is 11.0. The largest absolute Gasteiger partial charge is 0.354 e. The van der Waals surface area contributed by atoms with E-state index in [1.807, 2.05) is 0 Å². The number of nitrogens with zero attached hydrogens (tertiary/aromatic N) is 2. The first-order valence-corrected chi connectivity index (χ1v) is 9.27. The summed E-state index contributed by atoms with van der Waals surface area (Å²) >= 11 is 0. The lowest BCUT2D eigenvalue weighted by Crippen LogP contribution is -2.35. The SMILES string of the molecule is CCN[C@H]1CCc2c(c(C(=O)NC)nn2CC2CCCCC2)C1. The van der Waals surface area contributed by atoms with Crippen molar-refractivity contribution in [3.05, 3.63) is 17.0 Å². The number of fused-ring (bicyclic) bond motifs is 1. The first kappa shape index (κ1) is 16.5. The summed E-state index contributed by atoms with van der Waals surface area (Å²) in [5.41, 5.74) is 3.14. The van der Waals surface area contributed by atoms with E-state index in [2.05, 4.69) is 22.2 Å². The summed E-state index contributed by atoms with van der Waals surface area (Å²) in [6, 6.07) is 0.475. The van der Waals surface area contributed by atoms with E-state index in [-0.39, 0.29) is 5.91 Å². The van der Waals surface area contributed by atoms with Crippen molar-refractivity contribution in [1.82, 2.24) is 20.4 Å². The number of nitrogens with one attached hydrogen (secondary N) is 2. The Labute approximate surface area is 139 Å². The van der Waals surface area contributed by atoms with Gasteiger partial charge in [-0.15, -0.1) is 0 Å². The lowest BCUT2D eigenvalue weighted by Gasteiger charge is -2.26. The molecular weight excluding hydrogens is 288 g/mol. The van der Waals surface area contributed by atoms with Crippen LogP contribution in [0, 0.1) is 5.92 Å². The lowest BCUT2D eigenvalue weighted by molar-refractivity contribution is 0.0956. The molecule has 1 heterocycles. The van der Waals surface area contributed by atoms with Gasteiger partial charge in [-0.05, 0) is 44.6 Å². The standard InChI is InChI=1S/C18H30N4O/c1-3-20-14-9-10-16-15(11-14)17(18(23)19-2)21-22(16)12-13-7-5-4-6-8-13/h13-14,20H,3-12H2,1-2H3,(H,19,23)/t14-/m0/s1. The van der Waals surface area contributed by atoms with Crippen LogP contribution >= 0.6 is 0 Å². The summed E-state index contributed by atoms with van der Waals surface area (Å²) in [6.07, 6.45) is 9.79.